The van der Waals surface area contributed by atoms with Crippen LogP contribution in [0.4, 0.5) is 5.69 Å². The fraction of sp³-hybridized carbons (Fsp3) is 0.333. The molecule has 6 heteroatoms. The van der Waals surface area contributed by atoms with Gasteiger partial charge in [-0.05, 0) is 31.5 Å². The Labute approximate surface area is 89.0 Å². The molecule has 0 amide bonds. The number of aliphatic hydroxyl groups is 1. The molecule has 0 bridgehead atoms. The first-order valence-electron chi connectivity index (χ1n) is 4.39. The molecular formula is C9H14N2O3S. The quantitative estimate of drug-likeness (QED) is 0.510. The lowest BCUT2D eigenvalue weighted by molar-refractivity contribution is 0.184. The van der Waals surface area contributed by atoms with Crippen molar-refractivity contribution < 1.29 is 13.5 Å². The average Bonchev–Trinajstić information content (AvgIpc) is 2.06. The van der Waals surface area contributed by atoms with E-state index in [4.69, 9.17) is 10.8 Å². The van der Waals surface area contributed by atoms with E-state index < -0.39 is 16.3 Å². The zero-order chi connectivity index (χ0) is 11.6. The van der Waals surface area contributed by atoms with Crippen LogP contribution in [-0.2, 0) is 10.0 Å². The van der Waals surface area contributed by atoms with Crippen molar-refractivity contribution in [2.75, 3.05) is 5.73 Å². The molecule has 0 aliphatic carbocycles. The molecule has 0 aliphatic heterocycles. The average molecular weight is 230 g/mol. The number of anilines is 1. The molecule has 15 heavy (non-hydrogen) atoms. The van der Waals surface area contributed by atoms with Crippen LogP contribution in [0.5, 0.6) is 0 Å². The highest BCUT2D eigenvalue weighted by Crippen LogP contribution is 2.18. The third-order valence-corrected chi connectivity index (χ3v) is 3.50. The molecule has 0 aromatic heterocycles. The second-order valence-corrected chi connectivity index (χ2v) is 5.00. The van der Waals surface area contributed by atoms with Crippen molar-refractivity contribution in [3.63, 3.8) is 0 Å². The van der Waals surface area contributed by atoms with Gasteiger partial charge in [-0.2, -0.15) is 4.72 Å². The molecule has 0 fully saturated rings. The number of aliphatic hydroxyl groups excluding tert-OH is 1. The van der Waals surface area contributed by atoms with E-state index in [1.807, 2.05) is 0 Å². The molecule has 4 N–H and O–H groups in total. The smallest absolute Gasteiger partial charge is 0.243 e. The van der Waals surface area contributed by atoms with Gasteiger partial charge in [0, 0.05) is 5.69 Å². The van der Waals surface area contributed by atoms with Gasteiger partial charge in [0.25, 0.3) is 0 Å². The van der Waals surface area contributed by atoms with Crippen molar-refractivity contribution >= 4 is 15.7 Å². The van der Waals surface area contributed by atoms with Crippen molar-refractivity contribution in [2.24, 2.45) is 0 Å². The predicted octanol–water partition coefficient (Wildman–Crippen LogP) is 0.194. The van der Waals surface area contributed by atoms with Gasteiger partial charge >= 0.3 is 0 Å². The summed E-state index contributed by atoms with van der Waals surface area (Å²) in [5.41, 5.74) is 6.45. The number of nitrogens with one attached hydrogen (secondary N) is 1. The summed E-state index contributed by atoms with van der Waals surface area (Å²) >= 11 is 0. The van der Waals surface area contributed by atoms with Crippen molar-refractivity contribution in [1.82, 2.24) is 4.72 Å². The maximum absolute atomic E-state index is 11.7. The summed E-state index contributed by atoms with van der Waals surface area (Å²) in [6, 6.07) is 4.60. The molecule has 1 unspecified atom stereocenters. The Kier molecular flexibility index (Phi) is 3.33. The van der Waals surface area contributed by atoms with E-state index in [1.165, 1.54) is 13.0 Å². The van der Waals surface area contributed by atoms with Gasteiger partial charge in [0.2, 0.25) is 10.0 Å². The fourth-order valence-electron chi connectivity index (χ4n) is 1.19. The summed E-state index contributed by atoms with van der Waals surface area (Å²) in [6.07, 6.45) is -1.13. The second kappa shape index (κ2) is 4.18. The zero-order valence-electron chi connectivity index (χ0n) is 8.56. The van der Waals surface area contributed by atoms with Crippen molar-refractivity contribution in [1.29, 1.82) is 0 Å². The Morgan fingerprint density at radius 2 is 2.07 bits per heavy atom. The molecule has 1 atom stereocenters. The van der Waals surface area contributed by atoms with Gasteiger partial charge in [-0.25, -0.2) is 8.42 Å². The number of nitrogen functional groups attached to an aromatic ring is 1. The SMILES string of the molecule is Cc1ccc(N)cc1S(=O)(=O)NC(C)O. The summed E-state index contributed by atoms with van der Waals surface area (Å²) in [5, 5.41) is 8.99. The summed E-state index contributed by atoms with van der Waals surface area (Å²) < 4.78 is 25.5. The van der Waals surface area contributed by atoms with E-state index in [9.17, 15) is 8.42 Å². The highest BCUT2D eigenvalue weighted by atomic mass is 32.2. The minimum Gasteiger partial charge on any atom is -0.399 e. The molecule has 0 saturated heterocycles. The minimum atomic E-state index is -3.69. The number of nitrogens with two attached hydrogens (primary N) is 1. The van der Waals surface area contributed by atoms with Crippen LogP contribution in [0, 0.1) is 6.92 Å². The van der Waals surface area contributed by atoms with Gasteiger partial charge in [-0.15, -0.1) is 0 Å². The van der Waals surface area contributed by atoms with Crippen molar-refractivity contribution in [2.45, 2.75) is 25.0 Å². The maximum Gasteiger partial charge on any atom is 0.243 e. The van der Waals surface area contributed by atoms with Crippen LogP contribution in [0.25, 0.3) is 0 Å². The fourth-order valence-corrected chi connectivity index (χ4v) is 2.55. The largest absolute Gasteiger partial charge is 0.399 e. The standard InChI is InChI=1S/C9H14N2O3S/c1-6-3-4-8(10)5-9(6)15(13,14)11-7(2)12/h3-5,7,11-12H,10H2,1-2H3. The molecule has 1 aromatic rings. The zero-order valence-corrected chi connectivity index (χ0v) is 9.38. The van der Waals surface area contributed by atoms with Gasteiger partial charge < -0.3 is 10.8 Å². The monoisotopic (exact) mass is 230 g/mol. The van der Waals surface area contributed by atoms with Gasteiger partial charge in [0.15, 0.2) is 0 Å². The third kappa shape index (κ3) is 2.92. The van der Waals surface area contributed by atoms with E-state index >= 15 is 0 Å². The Morgan fingerprint density at radius 1 is 1.47 bits per heavy atom. The lowest BCUT2D eigenvalue weighted by Crippen LogP contribution is -2.32. The first-order valence-corrected chi connectivity index (χ1v) is 5.88. The molecular weight excluding hydrogens is 216 g/mol. The number of benzene rings is 1. The van der Waals surface area contributed by atoms with Crippen LogP contribution in [0.1, 0.15) is 12.5 Å². The molecule has 84 valence electrons. The van der Waals surface area contributed by atoms with Crippen molar-refractivity contribution in [3.8, 4) is 0 Å². The summed E-state index contributed by atoms with van der Waals surface area (Å²) in [6.45, 7) is 3.00. The van der Waals surface area contributed by atoms with Crippen molar-refractivity contribution in [3.05, 3.63) is 23.8 Å². The van der Waals surface area contributed by atoms with E-state index in [-0.39, 0.29) is 4.90 Å². The predicted molar refractivity (Wildman–Crippen MR) is 57.6 cm³/mol. The third-order valence-electron chi connectivity index (χ3n) is 1.83. The highest BCUT2D eigenvalue weighted by Gasteiger charge is 2.18. The van der Waals surface area contributed by atoms with Gasteiger partial charge in [0.1, 0.15) is 6.23 Å². The Bertz CT molecular complexity index is 454. The van der Waals surface area contributed by atoms with Gasteiger partial charge in [-0.3, -0.25) is 0 Å². The van der Waals surface area contributed by atoms with E-state index in [0.29, 0.717) is 11.3 Å². The van der Waals surface area contributed by atoms with E-state index in [0.717, 1.165) is 0 Å². The molecule has 5 nitrogen and oxygen atoms in total. The molecule has 0 spiro atoms. The van der Waals surface area contributed by atoms with Crippen LogP contribution in [0.3, 0.4) is 0 Å². The van der Waals surface area contributed by atoms with Crippen LogP contribution >= 0.6 is 0 Å². The summed E-state index contributed by atoms with van der Waals surface area (Å²) in [5.74, 6) is 0. The van der Waals surface area contributed by atoms with Gasteiger partial charge in [0.05, 0.1) is 4.90 Å². The molecule has 0 heterocycles. The van der Waals surface area contributed by atoms with Gasteiger partial charge in [-0.1, -0.05) is 6.07 Å². The summed E-state index contributed by atoms with van der Waals surface area (Å²) in [4.78, 5) is 0.0865. The molecule has 0 aliphatic rings. The molecule has 1 aromatic carbocycles. The second-order valence-electron chi connectivity index (χ2n) is 3.32. The minimum absolute atomic E-state index is 0.0865. The van der Waals surface area contributed by atoms with Crippen LogP contribution in [0.2, 0.25) is 0 Å². The molecule has 0 saturated carbocycles. The lowest BCUT2D eigenvalue weighted by atomic mass is 10.2. The van der Waals surface area contributed by atoms with E-state index in [1.54, 1.807) is 19.1 Å². The Hall–Kier alpha value is -1.11. The van der Waals surface area contributed by atoms with Crippen LogP contribution in [0.15, 0.2) is 23.1 Å². The first-order chi connectivity index (χ1) is 6.83. The van der Waals surface area contributed by atoms with E-state index in [2.05, 4.69) is 4.72 Å². The van der Waals surface area contributed by atoms with Crippen LogP contribution in [-0.4, -0.2) is 19.8 Å². The first kappa shape index (κ1) is 12.0. The Balaban J connectivity index is 3.21. The molecule has 0 radical (unpaired) electrons. The Morgan fingerprint density at radius 3 is 2.60 bits per heavy atom. The lowest BCUT2D eigenvalue weighted by Gasteiger charge is -2.11. The number of hydrogen-bond acceptors (Lipinski definition) is 4. The van der Waals surface area contributed by atoms with Crippen LogP contribution < -0.4 is 10.5 Å². The topological polar surface area (TPSA) is 92.4 Å². The molecule has 1 rings (SSSR count). The summed E-state index contributed by atoms with van der Waals surface area (Å²) in [7, 11) is -3.69. The highest BCUT2D eigenvalue weighted by molar-refractivity contribution is 7.89. The maximum atomic E-state index is 11.7. The number of hydrogen-bond donors (Lipinski definition) is 3. The number of rotatable bonds is 3. The normalized spacial score (nSPS) is 13.8. The number of aryl methyl sites for hydroxylation is 1. The number of sulfonamides is 1.